The van der Waals surface area contributed by atoms with Gasteiger partial charge in [0.2, 0.25) is 0 Å². The van der Waals surface area contributed by atoms with Gasteiger partial charge in [-0.3, -0.25) is 4.39 Å². The quantitative estimate of drug-likeness (QED) is 0.0770. The van der Waals surface area contributed by atoms with Gasteiger partial charge >= 0.3 is 42.1 Å². The molecule has 0 amide bonds. The first kappa shape index (κ1) is 42.0. The van der Waals surface area contributed by atoms with Crippen molar-refractivity contribution >= 4 is 35.9 Å². The van der Waals surface area contributed by atoms with Crippen LogP contribution in [0.15, 0.2) is 0 Å². The minimum absolute atomic E-state index is 0.0451. The maximum absolute atomic E-state index is 13.1. The molecule has 0 aromatic carbocycles. The molecule has 0 spiro atoms. The highest BCUT2D eigenvalue weighted by Gasteiger charge is 2.66. The summed E-state index contributed by atoms with van der Waals surface area (Å²) >= 11 is 0. The Kier molecular flexibility index (Phi) is 20.2. The average molecular weight is 697 g/mol. The zero-order chi connectivity index (χ0) is 32.5. The summed E-state index contributed by atoms with van der Waals surface area (Å²) in [5.74, 6) is -2.08. The minimum atomic E-state index is -4.63. The Labute approximate surface area is 250 Å². The van der Waals surface area contributed by atoms with Crippen LogP contribution in [0.1, 0.15) is 19.8 Å². The van der Waals surface area contributed by atoms with Gasteiger partial charge in [0.15, 0.2) is 0 Å². The predicted molar refractivity (Wildman–Crippen MR) is 149 cm³/mol. The fourth-order valence-corrected chi connectivity index (χ4v) is 16.3. The van der Waals surface area contributed by atoms with Crippen LogP contribution in [0.2, 0.25) is 6.04 Å². The summed E-state index contributed by atoms with van der Waals surface area (Å²) in [7, 11) is -3.94. The Bertz CT molecular complexity index is 635. The van der Waals surface area contributed by atoms with Gasteiger partial charge in [-0.05, 0) is 19.4 Å². The van der Waals surface area contributed by atoms with Crippen LogP contribution < -0.4 is 10.6 Å². The van der Waals surface area contributed by atoms with Crippen LogP contribution in [0.25, 0.3) is 0 Å². The molecule has 2 N–H and O–H groups in total. The third-order valence-electron chi connectivity index (χ3n) is 6.15. The molecule has 42 heavy (non-hydrogen) atoms. The van der Waals surface area contributed by atoms with E-state index in [0.717, 1.165) is 0 Å². The van der Waals surface area contributed by atoms with Crippen LogP contribution in [0.4, 0.5) is 17.6 Å². The fraction of sp³-hybridized carbons (Fsp3) is 1.00. The molecule has 0 saturated carbocycles. The second-order valence-corrected chi connectivity index (χ2v) is 19.4. The van der Waals surface area contributed by atoms with Crippen molar-refractivity contribution in [3.8, 4) is 0 Å². The molecule has 2 unspecified atom stereocenters. The lowest BCUT2D eigenvalue weighted by atomic mass is 9.98. The van der Waals surface area contributed by atoms with Crippen molar-refractivity contribution in [2.45, 2.75) is 38.0 Å². The van der Waals surface area contributed by atoms with E-state index in [0.29, 0.717) is 13.0 Å². The van der Waals surface area contributed by atoms with E-state index in [4.69, 9.17) is 52.2 Å². The van der Waals surface area contributed by atoms with Crippen molar-refractivity contribution < 1.29 is 69.7 Å². The molecule has 14 nitrogen and oxygen atoms in total. The number of halogens is 4. The molecule has 0 bridgehead atoms. The molecule has 0 fully saturated rings. The molecular weight excluding hydrogens is 649 g/mol. The van der Waals surface area contributed by atoms with Gasteiger partial charge in [0.1, 0.15) is 6.67 Å². The molecule has 0 aromatic heterocycles. The Morgan fingerprint density at radius 2 is 1.00 bits per heavy atom. The first-order valence-corrected chi connectivity index (χ1v) is 19.7. The van der Waals surface area contributed by atoms with Gasteiger partial charge < -0.3 is 62.8 Å². The highest BCUT2D eigenvalue weighted by Crippen LogP contribution is 2.32. The molecule has 0 aliphatic carbocycles. The molecule has 2 atom stereocenters. The second-order valence-electron chi connectivity index (χ2n) is 8.45. The second kappa shape index (κ2) is 20.2. The van der Waals surface area contributed by atoms with Crippen molar-refractivity contribution in [1.82, 2.24) is 10.6 Å². The molecule has 0 rings (SSSR count). The highest BCUT2D eigenvalue weighted by atomic mass is 28.5. The Morgan fingerprint density at radius 3 is 1.29 bits per heavy atom. The first-order valence-electron chi connectivity index (χ1n) is 12.9. The van der Waals surface area contributed by atoms with Gasteiger partial charge in [-0.25, -0.2) is 0 Å². The number of hydrogen-bond donors (Lipinski definition) is 2. The van der Waals surface area contributed by atoms with Crippen LogP contribution in [0, 0.1) is 5.92 Å². The van der Waals surface area contributed by atoms with E-state index >= 15 is 0 Å². The minimum Gasteiger partial charge on any atom is -0.355 e. The number of rotatable bonds is 26. The lowest BCUT2D eigenvalue weighted by Gasteiger charge is -2.41. The summed E-state index contributed by atoms with van der Waals surface area (Å²) in [6.07, 6.45) is -4.19. The van der Waals surface area contributed by atoms with E-state index in [1.807, 2.05) is 0 Å². The maximum Gasteiger partial charge on any atom is 0.671 e. The number of nitrogens with one attached hydrogen (secondary N) is 2. The van der Waals surface area contributed by atoms with Crippen LogP contribution in [0.3, 0.4) is 0 Å². The first-order chi connectivity index (χ1) is 19.8. The van der Waals surface area contributed by atoms with Gasteiger partial charge in [-0.1, -0.05) is 6.92 Å². The normalized spacial score (nSPS) is 15.3. The topological polar surface area (TPSA) is 135 Å². The SMILES string of the molecule is CCC(NCCNCCC[Si](O[Si](OC)(OC)OC)(O[Si](OC)(OC)OC)O[Si](OC)(OC)OC)C(CF)C(F)(F)F. The maximum atomic E-state index is 13.1. The molecule has 254 valence electrons. The van der Waals surface area contributed by atoms with Gasteiger partial charge in [-0.2, -0.15) is 13.2 Å². The smallest absolute Gasteiger partial charge is 0.355 e. The monoisotopic (exact) mass is 696 g/mol. The van der Waals surface area contributed by atoms with Crippen LogP contribution >= 0.6 is 0 Å². The van der Waals surface area contributed by atoms with Crippen molar-refractivity contribution in [3.05, 3.63) is 0 Å². The molecule has 0 radical (unpaired) electrons. The summed E-state index contributed by atoms with van der Waals surface area (Å²) < 4.78 is 121. The van der Waals surface area contributed by atoms with E-state index in [9.17, 15) is 17.6 Å². The summed E-state index contributed by atoms with van der Waals surface area (Å²) in [6, 6.07) is -1.00. The number of alkyl halides is 4. The predicted octanol–water partition coefficient (Wildman–Crippen LogP) is 1.60. The third kappa shape index (κ3) is 12.4. The standard InChI is InChI=1S/C20H48F4N2O12Si4/c1-11-19(18(17-21)20(22,23)24)26-15-14-25-13-12-16-39(36-40(27-2,28-3)29-4,37-41(30-5,31-6)32-7)38-42(33-8,34-9)35-10/h18-19,25-26H,11-17H2,1-10H3. The van der Waals surface area contributed by atoms with Gasteiger partial charge in [-0.15, -0.1) is 0 Å². The molecular formula is C20H48F4N2O12Si4. The van der Waals surface area contributed by atoms with Crippen molar-refractivity contribution in [2.24, 2.45) is 5.92 Å². The van der Waals surface area contributed by atoms with E-state index in [1.54, 1.807) is 6.92 Å². The summed E-state index contributed by atoms with van der Waals surface area (Å²) in [5, 5.41) is 5.89. The van der Waals surface area contributed by atoms with Crippen molar-refractivity contribution in [1.29, 1.82) is 0 Å². The van der Waals surface area contributed by atoms with Crippen LogP contribution in [0.5, 0.6) is 0 Å². The Morgan fingerprint density at radius 1 is 0.619 bits per heavy atom. The van der Waals surface area contributed by atoms with Gasteiger partial charge in [0.05, 0.1) is 5.92 Å². The summed E-state index contributed by atoms with van der Waals surface area (Å²) in [5.41, 5.74) is 0. The molecule has 0 heterocycles. The van der Waals surface area contributed by atoms with Crippen molar-refractivity contribution in [2.75, 3.05) is 90.3 Å². The average Bonchev–Trinajstić information content (AvgIpc) is 3.00. The summed E-state index contributed by atoms with van der Waals surface area (Å²) in [4.78, 5) is 0. The molecule has 0 saturated heterocycles. The van der Waals surface area contributed by atoms with E-state index in [2.05, 4.69) is 10.6 Å². The van der Waals surface area contributed by atoms with Crippen molar-refractivity contribution in [3.63, 3.8) is 0 Å². The molecule has 0 aliphatic heterocycles. The van der Waals surface area contributed by atoms with E-state index in [-0.39, 0.29) is 25.6 Å². The lowest BCUT2D eigenvalue weighted by molar-refractivity contribution is -0.186. The van der Waals surface area contributed by atoms with Gasteiger partial charge in [0.25, 0.3) is 0 Å². The molecule has 0 aliphatic rings. The summed E-state index contributed by atoms with van der Waals surface area (Å²) in [6.45, 7) is 0.871. The van der Waals surface area contributed by atoms with Crippen LogP contribution in [-0.2, 0) is 52.2 Å². The van der Waals surface area contributed by atoms with Crippen LogP contribution in [-0.4, -0.2) is 138 Å². The van der Waals surface area contributed by atoms with E-state index in [1.165, 1.54) is 64.0 Å². The molecule has 0 aromatic rings. The zero-order valence-electron chi connectivity index (χ0n) is 26.0. The largest absolute Gasteiger partial charge is 0.671 e. The Balaban J connectivity index is 5.96. The van der Waals surface area contributed by atoms with Gasteiger partial charge in [0, 0.05) is 89.2 Å². The zero-order valence-corrected chi connectivity index (χ0v) is 30.0. The fourth-order valence-electron chi connectivity index (χ4n) is 3.81. The lowest BCUT2D eigenvalue weighted by Crippen LogP contribution is -2.69. The molecule has 22 heteroatoms. The highest BCUT2D eigenvalue weighted by molar-refractivity contribution is 6.82. The number of hydrogen-bond acceptors (Lipinski definition) is 14. The third-order valence-corrected chi connectivity index (χ3v) is 18.3. The Hall–Kier alpha value is 0.0275. The van der Waals surface area contributed by atoms with E-state index < -0.39 is 60.8 Å².